The molecule has 22 heavy (non-hydrogen) atoms. The van der Waals surface area contributed by atoms with Crippen LogP contribution in [0.5, 0.6) is 0 Å². The molecule has 0 bridgehead atoms. The van der Waals surface area contributed by atoms with Crippen molar-refractivity contribution >= 4 is 21.7 Å². The molecule has 6 heteroatoms. The van der Waals surface area contributed by atoms with Crippen LogP contribution in [-0.4, -0.2) is 26.0 Å². The maximum absolute atomic E-state index is 12.9. The molecule has 0 aromatic heterocycles. The third-order valence-electron chi connectivity index (χ3n) is 3.85. The van der Waals surface area contributed by atoms with E-state index in [2.05, 4.69) is 0 Å². The lowest BCUT2D eigenvalue weighted by Crippen LogP contribution is -2.29. The molecule has 0 fully saturated rings. The quantitative estimate of drug-likeness (QED) is 0.943. The SMILES string of the molecule is Cc1ccc(C(=O)O)cc1S(=O)(=O)N1CCc2ccccc21. The van der Waals surface area contributed by atoms with Gasteiger partial charge in [0.1, 0.15) is 0 Å². The summed E-state index contributed by atoms with van der Waals surface area (Å²) in [4.78, 5) is 11.1. The molecule has 0 atom stereocenters. The van der Waals surface area contributed by atoms with Gasteiger partial charge in [-0.1, -0.05) is 24.3 Å². The van der Waals surface area contributed by atoms with Crippen LogP contribution in [0.2, 0.25) is 0 Å². The van der Waals surface area contributed by atoms with Crippen LogP contribution in [0.3, 0.4) is 0 Å². The Bertz CT molecular complexity index is 858. The summed E-state index contributed by atoms with van der Waals surface area (Å²) in [5, 5.41) is 9.08. The topological polar surface area (TPSA) is 74.7 Å². The van der Waals surface area contributed by atoms with Crippen LogP contribution in [0, 0.1) is 6.92 Å². The summed E-state index contributed by atoms with van der Waals surface area (Å²) >= 11 is 0. The predicted molar refractivity (Wildman–Crippen MR) is 82.8 cm³/mol. The Labute approximate surface area is 128 Å². The Hall–Kier alpha value is -2.34. The Morgan fingerprint density at radius 3 is 2.64 bits per heavy atom. The van der Waals surface area contributed by atoms with Crippen molar-refractivity contribution in [2.24, 2.45) is 0 Å². The van der Waals surface area contributed by atoms with Crippen LogP contribution in [0.1, 0.15) is 21.5 Å². The van der Waals surface area contributed by atoms with Crippen LogP contribution >= 0.6 is 0 Å². The van der Waals surface area contributed by atoms with Crippen molar-refractivity contribution in [1.82, 2.24) is 0 Å². The van der Waals surface area contributed by atoms with Gasteiger partial charge in [-0.15, -0.1) is 0 Å². The highest BCUT2D eigenvalue weighted by molar-refractivity contribution is 7.93. The first kappa shape index (κ1) is 14.6. The summed E-state index contributed by atoms with van der Waals surface area (Å²) in [6.07, 6.45) is 0.660. The lowest BCUT2D eigenvalue weighted by Gasteiger charge is -2.21. The molecule has 0 spiro atoms. The lowest BCUT2D eigenvalue weighted by molar-refractivity contribution is 0.0696. The van der Waals surface area contributed by atoms with Gasteiger partial charge in [-0.25, -0.2) is 13.2 Å². The number of sulfonamides is 1. The number of nitrogens with zero attached hydrogens (tertiary/aromatic N) is 1. The van der Waals surface area contributed by atoms with E-state index in [1.807, 2.05) is 12.1 Å². The van der Waals surface area contributed by atoms with E-state index in [-0.39, 0.29) is 10.5 Å². The molecule has 2 aromatic carbocycles. The zero-order valence-electron chi connectivity index (χ0n) is 12.0. The molecular formula is C16H15NO4S. The Kier molecular flexibility index (Phi) is 3.41. The molecule has 0 saturated carbocycles. The summed E-state index contributed by atoms with van der Waals surface area (Å²) in [5.74, 6) is -1.14. The molecule has 1 aliphatic heterocycles. The Balaban J connectivity index is 2.12. The van der Waals surface area contributed by atoms with E-state index in [1.54, 1.807) is 19.1 Å². The highest BCUT2D eigenvalue weighted by atomic mass is 32.2. The Morgan fingerprint density at radius 1 is 1.18 bits per heavy atom. The van der Waals surface area contributed by atoms with Gasteiger partial charge in [-0.05, 0) is 42.7 Å². The normalized spacial score (nSPS) is 14.0. The highest BCUT2D eigenvalue weighted by Crippen LogP contribution is 2.33. The highest BCUT2D eigenvalue weighted by Gasteiger charge is 2.32. The summed E-state index contributed by atoms with van der Waals surface area (Å²) in [6, 6.07) is 11.5. The molecule has 0 saturated heterocycles. The lowest BCUT2D eigenvalue weighted by atomic mass is 10.1. The van der Waals surface area contributed by atoms with E-state index in [1.165, 1.54) is 22.5 Å². The fourth-order valence-electron chi connectivity index (χ4n) is 2.69. The third kappa shape index (κ3) is 2.25. The van der Waals surface area contributed by atoms with Crippen LogP contribution in [0.25, 0.3) is 0 Å². The standard InChI is InChI=1S/C16H15NO4S/c1-11-6-7-13(16(18)19)10-15(11)22(20,21)17-9-8-12-4-2-3-5-14(12)17/h2-7,10H,8-9H2,1H3,(H,18,19). The number of anilines is 1. The van der Waals surface area contributed by atoms with Crippen molar-refractivity contribution < 1.29 is 18.3 Å². The van der Waals surface area contributed by atoms with Gasteiger partial charge in [0.2, 0.25) is 0 Å². The molecule has 0 radical (unpaired) electrons. The number of aromatic carboxylic acids is 1. The number of hydrogen-bond donors (Lipinski definition) is 1. The molecule has 2 aromatic rings. The number of carboxylic acids is 1. The van der Waals surface area contributed by atoms with E-state index in [0.29, 0.717) is 24.2 Å². The van der Waals surface area contributed by atoms with Crippen molar-refractivity contribution in [1.29, 1.82) is 0 Å². The number of carbonyl (C=O) groups is 1. The third-order valence-corrected chi connectivity index (χ3v) is 5.80. The molecule has 1 N–H and O–H groups in total. The summed E-state index contributed by atoms with van der Waals surface area (Å²) in [6.45, 7) is 2.04. The van der Waals surface area contributed by atoms with Gasteiger partial charge in [0.05, 0.1) is 16.1 Å². The molecule has 0 unspecified atom stereocenters. The largest absolute Gasteiger partial charge is 0.478 e. The summed E-state index contributed by atoms with van der Waals surface area (Å²) in [5.41, 5.74) is 2.16. The van der Waals surface area contributed by atoms with Crippen molar-refractivity contribution in [3.05, 3.63) is 59.2 Å². The first-order valence-corrected chi connectivity index (χ1v) is 8.30. The number of para-hydroxylation sites is 1. The molecule has 0 amide bonds. The number of fused-ring (bicyclic) bond motifs is 1. The predicted octanol–water partition coefficient (Wildman–Crippen LogP) is 2.44. The fraction of sp³-hybridized carbons (Fsp3) is 0.188. The molecule has 5 nitrogen and oxygen atoms in total. The van der Waals surface area contributed by atoms with E-state index in [4.69, 9.17) is 5.11 Å². The summed E-state index contributed by atoms with van der Waals surface area (Å²) in [7, 11) is -3.77. The van der Waals surface area contributed by atoms with Crippen LogP contribution in [-0.2, 0) is 16.4 Å². The molecule has 1 heterocycles. The van der Waals surface area contributed by atoms with Crippen LogP contribution < -0.4 is 4.31 Å². The second-order valence-corrected chi connectivity index (χ2v) is 7.07. The first-order chi connectivity index (χ1) is 10.4. The second-order valence-electron chi connectivity index (χ2n) is 5.24. The minimum atomic E-state index is -3.77. The zero-order chi connectivity index (χ0) is 15.9. The minimum absolute atomic E-state index is 0.0309. The first-order valence-electron chi connectivity index (χ1n) is 6.86. The van der Waals surface area contributed by atoms with E-state index >= 15 is 0 Å². The number of aryl methyl sites for hydroxylation is 1. The zero-order valence-corrected chi connectivity index (χ0v) is 12.8. The van der Waals surface area contributed by atoms with Crippen LogP contribution in [0.15, 0.2) is 47.4 Å². The molecule has 0 aliphatic carbocycles. The minimum Gasteiger partial charge on any atom is -0.478 e. The molecule has 1 aliphatic rings. The summed E-state index contributed by atoms with van der Waals surface area (Å²) < 4.78 is 27.2. The molecule has 3 rings (SSSR count). The van der Waals surface area contributed by atoms with Gasteiger partial charge in [-0.2, -0.15) is 0 Å². The number of benzene rings is 2. The van der Waals surface area contributed by atoms with Gasteiger partial charge in [-0.3, -0.25) is 4.31 Å². The van der Waals surface area contributed by atoms with Gasteiger partial charge in [0, 0.05) is 6.54 Å². The van der Waals surface area contributed by atoms with Crippen molar-refractivity contribution in [3.63, 3.8) is 0 Å². The van der Waals surface area contributed by atoms with E-state index in [9.17, 15) is 13.2 Å². The van der Waals surface area contributed by atoms with Crippen LogP contribution in [0.4, 0.5) is 5.69 Å². The van der Waals surface area contributed by atoms with Gasteiger partial charge >= 0.3 is 5.97 Å². The monoisotopic (exact) mass is 317 g/mol. The maximum Gasteiger partial charge on any atom is 0.335 e. The second kappa shape index (κ2) is 5.14. The van der Waals surface area contributed by atoms with E-state index in [0.717, 1.165) is 5.56 Å². The number of rotatable bonds is 3. The maximum atomic E-state index is 12.9. The van der Waals surface area contributed by atoms with Crippen molar-refractivity contribution in [3.8, 4) is 0 Å². The van der Waals surface area contributed by atoms with Crippen molar-refractivity contribution in [2.45, 2.75) is 18.2 Å². The van der Waals surface area contributed by atoms with Gasteiger partial charge < -0.3 is 5.11 Å². The van der Waals surface area contributed by atoms with Gasteiger partial charge in [0.25, 0.3) is 10.0 Å². The Morgan fingerprint density at radius 2 is 1.91 bits per heavy atom. The molecule has 114 valence electrons. The average molecular weight is 317 g/mol. The fourth-order valence-corrected chi connectivity index (χ4v) is 4.44. The average Bonchev–Trinajstić information content (AvgIpc) is 2.91. The molecular weight excluding hydrogens is 302 g/mol. The van der Waals surface area contributed by atoms with Crippen molar-refractivity contribution in [2.75, 3.05) is 10.8 Å². The number of hydrogen-bond acceptors (Lipinski definition) is 3. The van der Waals surface area contributed by atoms with E-state index < -0.39 is 16.0 Å². The number of carboxylic acid groups (broad SMARTS) is 1. The smallest absolute Gasteiger partial charge is 0.335 e. The van der Waals surface area contributed by atoms with Gasteiger partial charge in [0.15, 0.2) is 0 Å².